The molecule has 1 amide bonds. The number of hydrogen-bond acceptors (Lipinski definition) is 4. The second-order valence-electron chi connectivity index (χ2n) is 3.45. The number of halogens is 1. The van der Waals surface area contributed by atoms with Crippen molar-refractivity contribution in [1.82, 2.24) is 5.32 Å². The van der Waals surface area contributed by atoms with E-state index in [0.29, 0.717) is 5.17 Å². The number of nitrogens with one attached hydrogen (secondary N) is 1. The molecular formula is C11H10BrN3OS. The van der Waals surface area contributed by atoms with Crippen LogP contribution in [0.4, 0.5) is 0 Å². The maximum absolute atomic E-state index is 11.2. The standard InChI is InChI=1S/C11H10BrN3OS/c1-7-10(16)14-11(17-7)15-13-6-8-2-4-9(12)5-3-8/h2-7H,1H3,(H,14,15,16)/b13-6-/t7-/m1/s1. The fourth-order valence-corrected chi connectivity index (χ4v) is 2.22. The van der Waals surface area contributed by atoms with Crippen molar-refractivity contribution < 1.29 is 4.79 Å². The summed E-state index contributed by atoms with van der Waals surface area (Å²) in [4.78, 5) is 11.2. The van der Waals surface area contributed by atoms with Gasteiger partial charge in [-0.3, -0.25) is 4.79 Å². The number of amidine groups is 1. The van der Waals surface area contributed by atoms with Gasteiger partial charge >= 0.3 is 0 Å². The van der Waals surface area contributed by atoms with Crippen molar-refractivity contribution in [3.8, 4) is 0 Å². The molecular weight excluding hydrogens is 302 g/mol. The molecule has 1 fully saturated rings. The number of thioether (sulfide) groups is 1. The van der Waals surface area contributed by atoms with E-state index < -0.39 is 0 Å². The van der Waals surface area contributed by atoms with Crippen molar-refractivity contribution in [3.63, 3.8) is 0 Å². The molecule has 0 aromatic heterocycles. The number of carbonyl (C=O) groups is 1. The van der Waals surface area contributed by atoms with Gasteiger partial charge < -0.3 is 5.32 Å². The Bertz CT molecular complexity index is 484. The predicted octanol–water partition coefficient (Wildman–Crippen LogP) is 2.39. The summed E-state index contributed by atoms with van der Waals surface area (Å²) in [5.74, 6) is -0.0207. The van der Waals surface area contributed by atoms with Crippen molar-refractivity contribution in [2.24, 2.45) is 10.2 Å². The first kappa shape index (κ1) is 12.3. The highest BCUT2D eigenvalue weighted by molar-refractivity contribution is 9.10. The molecule has 1 aliphatic rings. The van der Waals surface area contributed by atoms with Crippen LogP contribution < -0.4 is 5.32 Å². The van der Waals surface area contributed by atoms with Crippen LogP contribution in [0, 0.1) is 0 Å². The highest BCUT2D eigenvalue weighted by Crippen LogP contribution is 2.18. The van der Waals surface area contributed by atoms with Gasteiger partial charge in [0.15, 0.2) is 5.17 Å². The van der Waals surface area contributed by atoms with Gasteiger partial charge in [0.2, 0.25) is 5.91 Å². The summed E-state index contributed by atoms with van der Waals surface area (Å²) >= 11 is 4.74. The molecule has 0 radical (unpaired) electrons. The summed E-state index contributed by atoms with van der Waals surface area (Å²) in [6.45, 7) is 1.83. The zero-order chi connectivity index (χ0) is 12.3. The van der Waals surface area contributed by atoms with Gasteiger partial charge in [0.1, 0.15) is 0 Å². The largest absolute Gasteiger partial charge is 0.303 e. The average molecular weight is 312 g/mol. The monoisotopic (exact) mass is 311 g/mol. The smallest absolute Gasteiger partial charge is 0.239 e. The van der Waals surface area contributed by atoms with Crippen molar-refractivity contribution in [2.45, 2.75) is 12.2 Å². The second kappa shape index (κ2) is 5.46. The number of benzene rings is 1. The molecule has 0 spiro atoms. The molecule has 17 heavy (non-hydrogen) atoms. The molecule has 4 nitrogen and oxygen atoms in total. The molecule has 1 aliphatic heterocycles. The maximum Gasteiger partial charge on any atom is 0.239 e. The summed E-state index contributed by atoms with van der Waals surface area (Å²) < 4.78 is 1.02. The molecule has 2 rings (SSSR count). The van der Waals surface area contributed by atoms with E-state index in [1.54, 1.807) is 6.21 Å². The number of amides is 1. The van der Waals surface area contributed by atoms with Gasteiger partial charge in [0.25, 0.3) is 0 Å². The van der Waals surface area contributed by atoms with Crippen LogP contribution in [0.3, 0.4) is 0 Å². The lowest BCUT2D eigenvalue weighted by molar-refractivity contribution is -0.118. The van der Waals surface area contributed by atoms with Gasteiger partial charge in [0, 0.05) is 4.47 Å². The Hall–Kier alpha value is -1.14. The van der Waals surface area contributed by atoms with Crippen molar-refractivity contribution in [2.75, 3.05) is 0 Å². The normalized spacial score (nSPS) is 22.4. The zero-order valence-corrected chi connectivity index (χ0v) is 11.5. The molecule has 0 unspecified atom stereocenters. The topological polar surface area (TPSA) is 53.8 Å². The summed E-state index contributed by atoms with van der Waals surface area (Å²) in [6, 6.07) is 7.72. The minimum atomic E-state index is -0.0865. The van der Waals surface area contributed by atoms with Gasteiger partial charge in [-0.15, -0.1) is 5.10 Å². The lowest BCUT2D eigenvalue weighted by Gasteiger charge is -1.92. The second-order valence-corrected chi connectivity index (χ2v) is 5.70. The third kappa shape index (κ3) is 3.41. The van der Waals surface area contributed by atoms with E-state index in [9.17, 15) is 4.79 Å². The van der Waals surface area contributed by atoms with Crippen molar-refractivity contribution >= 4 is 45.0 Å². The maximum atomic E-state index is 11.2. The number of nitrogens with zero attached hydrogens (tertiary/aromatic N) is 2. The summed E-state index contributed by atoms with van der Waals surface area (Å²) in [6.07, 6.45) is 1.65. The van der Waals surface area contributed by atoms with Crippen LogP contribution in [-0.2, 0) is 4.79 Å². The molecule has 0 bridgehead atoms. The van der Waals surface area contributed by atoms with Crippen LogP contribution in [0.5, 0.6) is 0 Å². The fourth-order valence-electron chi connectivity index (χ4n) is 1.20. The minimum Gasteiger partial charge on any atom is -0.303 e. The summed E-state index contributed by atoms with van der Waals surface area (Å²) in [5, 5.41) is 11.0. The average Bonchev–Trinajstić information content (AvgIpc) is 2.61. The van der Waals surface area contributed by atoms with E-state index in [1.807, 2.05) is 31.2 Å². The third-order valence-corrected chi connectivity index (χ3v) is 3.62. The molecule has 0 saturated carbocycles. The van der Waals surface area contributed by atoms with E-state index in [2.05, 4.69) is 31.4 Å². The lowest BCUT2D eigenvalue weighted by Crippen LogP contribution is -2.23. The van der Waals surface area contributed by atoms with Crippen molar-refractivity contribution in [1.29, 1.82) is 0 Å². The Morgan fingerprint density at radius 2 is 2.12 bits per heavy atom. The fraction of sp³-hybridized carbons (Fsp3) is 0.182. The van der Waals surface area contributed by atoms with Crippen LogP contribution in [0.25, 0.3) is 0 Å². The summed E-state index contributed by atoms with van der Waals surface area (Å²) in [5.41, 5.74) is 0.958. The first-order chi connectivity index (χ1) is 8.15. The van der Waals surface area contributed by atoms with Crippen molar-refractivity contribution in [3.05, 3.63) is 34.3 Å². The first-order valence-electron chi connectivity index (χ1n) is 4.99. The Morgan fingerprint density at radius 3 is 2.71 bits per heavy atom. The number of hydrogen-bond donors (Lipinski definition) is 1. The first-order valence-corrected chi connectivity index (χ1v) is 6.66. The van der Waals surface area contributed by atoms with E-state index in [1.165, 1.54) is 11.8 Å². The molecule has 1 heterocycles. The molecule has 6 heteroatoms. The lowest BCUT2D eigenvalue weighted by atomic mass is 10.2. The van der Waals surface area contributed by atoms with Gasteiger partial charge in [-0.25, -0.2) is 0 Å². The highest BCUT2D eigenvalue weighted by Gasteiger charge is 2.25. The predicted molar refractivity (Wildman–Crippen MR) is 74.4 cm³/mol. The Balaban J connectivity index is 2.00. The molecule has 1 saturated heterocycles. The Kier molecular flexibility index (Phi) is 3.96. The SMILES string of the molecule is C[C@H]1S/C(=N\N=C/c2ccc(Br)cc2)NC1=O. The van der Waals surface area contributed by atoms with E-state index >= 15 is 0 Å². The van der Waals surface area contributed by atoms with Crippen LogP contribution in [-0.4, -0.2) is 22.5 Å². The van der Waals surface area contributed by atoms with Crippen LogP contribution in [0.1, 0.15) is 12.5 Å². The van der Waals surface area contributed by atoms with Crippen LogP contribution >= 0.6 is 27.7 Å². The quantitative estimate of drug-likeness (QED) is 0.673. The van der Waals surface area contributed by atoms with Crippen LogP contribution in [0.2, 0.25) is 0 Å². The van der Waals surface area contributed by atoms with Gasteiger partial charge in [-0.1, -0.05) is 39.8 Å². The van der Waals surface area contributed by atoms with Gasteiger partial charge in [0.05, 0.1) is 11.5 Å². The molecule has 0 aliphatic carbocycles. The minimum absolute atomic E-state index is 0.0207. The Labute approximate surface area is 112 Å². The summed E-state index contributed by atoms with van der Waals surface area (Å²) in [7, 11) is 0. The molecule has 1 atom stereocenters. The van der Waals surface area contributed by atoms with Crippen LogP contribution in [0.15, 0.2) is 38.9 Å². The van der Waals surface area contributed by atoms with E-state index in [0.717, 1.165) is 10.0 Å². The van der Waals surface area contributed by atoms with E-state index in [-0.39, 0.29) is 11.2 Å². The van der Waals surface area contributed by atoms with Gasteiger partial charge in [-0.05, 0) is 24.6 Å². The molecule has 1 aromatic rings. The highest BCUT2D eigenvalue weighted by atomic mass is 79.9. The molecule has 1 N–H and O–H groups in total. The third-order valence-electron chi connectivity index (χ3n) is 2.11. The van der Waals surface area contributed by atoms with Gasteiger partial charge in [-0.2, -0.15) is 5.10 Å². The molecule has 1 aromatic carbocycles. The Morgan fingerprint density at radius 1 is 1.41 bits per heavy atom. The zero-order valence-electron chi connectivity index (χ0n) is 9.05. The van der Waals surface area contributed by atoms with E-state index in [4.69, 9.17) is 0 Å². The number of rotatable bonds is 2. The number of carbonyl (C=O) groups excluding carboxylic acids is 1. The molecule has 88 valence electrons.